The molecule has 2 rings (SSSR count). The van der Waals surface area contributed by atoms with Crippen LogP contribution in [-0.2, 0) is 25.7 Å². The number of benzene rings is 1. The number of aromatic amines is 1. The number of nitrogens with zero attached hydrogens (tertiary/aromatic N) is 2. The van der Waals surface area contributed by atoms with E-state index in [-0.39, 0.29) is 18.3 Å². The number of aromatic nitrogens is 2. The van der Waals surface area contributed by atoms with Crippen LogP contribution >= 0.6 is 0 Å². The molecule has 0 aliphatic carbocycles. The largest absolute Gasteiger partial charge is 0.545 e. The maximum Gasteiger partial charge on any atom is 0.394 e. The molecule has 1 aromatic carbocycles. The fourth-order valence-corrected chi connectivity index (χ4v) is 2.42. The van der Waals surface area contributed by atoms with Gasteiger partial charge < -0.3 is 35.5 Å². The molecule has 0 atom stereocenters. The number of methoxy groups -OCH3 is 2. The van der Waals surface area contributed by atoms with Crippen molar-refractivity contribution in [3.05, 3.63) is 48.2 Å². The van der Waals surface area contributed by atoms with Gasteiger partial charge in [-0.1, -0.05) is 17.1 Å². The molecule has 1 heterocycles. The van der Waals surface area contributed by atoms with E-state index in [9.17, 15) is 19.5 Å². The van der Waals surface area contributed by atoms with Crippen molar-refractivity contribution in [1.82, 2.24) is 4.98 Å². The molecule has 0 unspecified atom stereocenters. The fraction of sp³-hybridized carbons (Fsp3) is 0.286. The third kappa shape index (κ3) is 10.1. The number of H-pyrrole nitrogens is 1. The van der Waals surface area contributed by atoms with Gasteiger partial charge in [-0.3, -0.25) is 9.69 Å². The van der Waals surface area contributed by atoms with Gasteiger partial charge in [0.15, 0.2) is 0 Å². The van der Waals surface area contributed by atoms with Crippen molar-refractivity contribution in [1.29, 1.82) is 0 Å². The molecule has 2 aromatic rings. The topological polar surface area (TPSA) is 181 Å². The van der Waals surface area contributed by atoms with Crippen molar-refractivity contribution in [2.75, 3.05) is 43.3 Å². The number of carbonyl (C=O) groups is 3. The van der Waals surface area contributed by atoms with Gasteiger partial charge in [-0.2, -0.15) is 0 Å². The summed E-state index contributed by atoms with van der Waals surface area (Å²) in [7, 11) is 3.09. The first-order chi connectivity index (χ1) is 15.7. The summed E-state index contributed by atoms with van der Waals surface area (Å²) in [5.74, 6) is -1.41. The molecule has 178 valence electrons. The molecule has 33 heavy (non-hydrogen) atoms. The standard InChI is InChI=1S/C17H23N5O3.C4H4O4/c1-4-22(10-12-5-7-13(25-3)8-6-12)17-19-9-14(16(18)21-17)20-15(23)11-24-2;5-3(6)1-2-4(7)8/h5-9H,4,10-11H2,1-3H3,(H,20,23)(H2,18,19,21);1-2H,(H,5,6)(H,7,8)/b;2-1+. The van der Waals surface area contributed by atoms with Gasteiger partial charge in [0.05, 0.1) is 32.4 Å². The van der Waals surface area contributed by atoms with Crippen LogP contribution in [-0.4, -0.2) is 55.3 Å². The average Bonchev–Trinajstić information content (AvgIpc) is 2.78. The summed E-state index contributed by atoms with van der Waals surface area (Å²) in [5, 5.41) is 19.9. The van der Waals surface area contributed by atoms with E-state index in [1.165, 1.54) is 7.11 Å². The molecule has 0 aliphatic rings. The predicted molar refractivity (Wildman–Crippen MR) is 117 cm³/mol. The zero-order valence-corrected chi connectivity index (χ0v) is 18.5. The van der Waals surface area contributed by atoms with Crippen LogP contribution in [0.1, 0.15) is 12.5 Å². The Labute approximate surface area is 190 Å². The van der Waals surface area contributed by atoms with Gasteiger partial charge in [-0.05, 0) is 30.7 Å². The minimum Gasteiger partial charge on any atom is -0.545 e. The van der Waals surface area contributed by atoms with Crippen LogP contribution in [0.4, 0.5) is 17.5 Å². The van der Waals surface area contributed by atoms with Crippen molar-refractivity contribution in [2.45, 2.75) is 13.5 Å². The Hall–Kier alpha value is -4.19. The highest BCUT2D eigenvalue weighted by atomic mass is 16.5. The molecule has 1 amide bonds. The second-order valence-corrected chi connectivity index (χ2v) is 6.36. The Balaban J connectivity index is 0.000000582. The highest BCUT2D eigenvalue weighted by Crippen LogP contribution is 2.18. The van der Waals surface area contributed by atoms with Crippen LogP contribution in [0.15, 0.2) is 42.6 Å². The molecule has 0 spiro atoms. The predicted octanol–water partition coefficient (Wildman–Crippen LogP) is -0.525. The lowest BCUT2D eigenvalue weighted by Gasteiger charge is -2.15. The van der Waals surface area contributed by atoms with Crippen molar-refractivity contribution >= 4 is 35.3 Å². The van der Waals surface area contributed by atoms with Crippen molar-refractivity contribution in [3.63, 3.8) is 0 Å². The van der Waals surface area contributed by atoms with Crippen LogP contribution in [0.25, 0.3) is 0 Å². The maximum atomic E-state index is 11.6. The van der Waals surface area contributed by atoms with Crippen LogP contribution in [0.2, 0.25) is 0 Å². The Morgan fingerprint density at radius 1 is 1.24 bits per heavy atom. The molecule has 12 nitrogen and oxygen atoms in total. The van der Waals surface area contributed by atoms with Gasteiger partial charge in [0, 0.05) is 13.2 Å². The summed E-state index contributed by atoms with van der Waals surface area (Å²) in [4.78, 5) is 40.0. The number of nitrogen functional groups attached to an aromatic ring is 1. The number of ether oxygens (including phenoxy) is 2. The van der Waals surface area contributed by atoms with E-state index in [0.29, 0.717) is 30.3 Å². The maximum absolute atomic E-state index is 11.6. The van der Waals surface area contributed by atoms with Gasteiger partial charge >= 0.3 is 11.9 Å². The van der Waals surface area contributed by atoms with Gasteiger partial charge in [-0.25, -0.2) is 9.78 Å². The summed E-state index contributed by atoms with van der Waals surface area (Å²) < 4.78 is 9.95. The summed E-state index contributed by atoms with van der Waals surface area (Å²) in [6.07, 6.45) is 2.57. The van der Waals surface area contributed by atoms with Gasteiger partial charge in [-0.15, -0.1) is 0 Å². The number of hydrogen-bond acceptors (Lipinski definition) is 9. The highest BCUT2D eigenvalue weighted by molar-refractivity contribution is 5.93. The van der Waals surface area contributed by atoms with E-state index in [1.54, 1.807) is 13.3 Å². The molecule has 0 radical (unpaired) electrons. The zero-order valence-electron chi connectivity index (χ0n) is 18.5. The van der Waals surface area contributed by atoms with E-state index in [2.05, 4.69) is 15.3 Å². The SMILES string of the molecule is CCN(Cc1ccc(OC)cc1)c1nc(N)c(NC(=O)COC)c[nH+]1.O=C([O-])/C=C/C(=O)O. The van der Waals surface area contributed by atoms with Crippen LogP contribution in [0.3, 0.4) is 0 Å². The first-order valence-corrected chi connectivity index (χ1v) is 9.66. The molecule has 0 saturated carbocycles. The number of carbonyl (C=O) groups excluding carboxylic acids is 2. The Kier molecular flexibility index (Phi) is 11.4. The second-order valence-electron chi connectivity index (χ2n) is 6.36. The number of aliphatic carboxylic acids is 2. The first kappa shape index (κ1) is 26.8. The van der Waals surface area contributed by atoms with E-state index in [4.69, 9.17) is 20.3 Å². The van der Waals surface area contributed by atoms with Crippen LogP contribution in [0.5, 0.6) is 5.75 Å². The summed E-state index contributed by atoms with van der Waals surface area (Å²) in [6.45, 7) is 3.40. The van der Waals surface area contributed by atoms with E-state index in [0.717, 1.165) is 17.9 Å². The molecule has 0 bridgehead atoms. The van der Waals surface area contributed by atoms with E-state index in [1.807, 2.05) is 36.1 Å². The first-order valence-electron chi connectivity index (χ1n) is 9.66. The third-order valence-corrected chi connectivity index (χ3v) is 3.97. The lowest BCUT2D eigenvalue weighted by Crippen LogP contribution is -2.31. The number of anilines is 3. The third-order valence-electron chi connectivity index (χ3n) is 3.97. The van der Waals surface area contributed by atoms with Gasteiger partial charge in [0.2, 0.25) is 5.82 Å². The van der Waals surface area contributed by atoms with Gasteiger partial charge in [0.1, 0.15) is 18.0 Å². The minimum atomic E-state index is -1.51. The molecule has 5 N–H and O–H groups in total. The monoisotopic (exact) mass is 461 g/mol. The molecule has 0 saturated heterocycles. The molecular weight excluding hydrogens is 434 g/mol. The number of nitrogens with two attached hydrogens (primary N) is 1. The molecule has 0 aliphatic heterocycles. The lowest BCUT2D eigenvalue weighted by molar-refractivity contribution is -0.367. The summed E-state index contributed by atoms with van der Waals surface area (Å²) in [5.41, 5.74) is 7.50. The van der Waals surface area contributed by atoms with Crippen molar-refractivity contribution in [2.24, 2.45) is 0 Å². The van der Waals surface area contributed by atoms with Gasteiger partial charge in [0.25, 0.3) is 5.91 Å². The normalized spacial score (nSPS) is 10.2. The zero-order chi connectivity index (χ0) is 24.8. The fourth-order valence-electron chi connectivity index (χ4n) is 2.42. The molecular formula is C21H27N5O7. The number of nitrogens with one attached hydrogen (secondary N) is 2. The number of rotatable bonds is 10. The number of hydrogen-bond donors (Lipinski definition) is 3. The Bertz CT molecular complexity index is 948. The number of carboxylic acids is 2. The number of carboxylic acid groups (broad SMARTS) is 2. The molecule has 0 fully saturated rings. The average molecular weight is 461 g/mol. The molecule has 12 heteroatoms. The van der Waals surface area contributed by atoms with Crippen molar-refractivity contribution < 1.29 is 39.1 Å². The Morgan fingerprint density at radius 2 is 1.91 bits per heavy atom. The summed E-state index contributed by atoms with van der Waals surface area (Å²) >= 11 is 0. The highest BCUT2D eigenvalue weighted by Gasteiger charge is 2.19. The lowest BCUT2D eigenvalue weighted by atomic mass is 10.2. The summed E-state index contributed by atoms with van der Waals surface area (Å²) in [6, 6.07) is 7.85. The van der Waals surface area contributed by atoms with Crippen LogP contribution in [0, 0.1) is 0 Å². The smallest absolute Gasteiger partial charge is 0.394 e. The minimum absolute atomic E-state index is 0.0419. The second kappa shape index (κ2) is 14.0. The quantitative estimate of drug-likeness (QED) is 0.389. The van der Waals surface area contributed by atoms with E-state index < -0.39 is 11.9 Å². The van der Waals surface area contributed by atoms with E-state index >= 15 is 0 Å². The van der Waals surface area contributed by atoms with Crippen LogP contribution < -0.4 is 30.8 Å². The number of amides is 1. The van der Waals surface area contributed by atoms with Crippen molar-refractivity contribution in [3.8, 4) is 5.75 Å². The Morgan fingerprint density at radius 3 is 2.36 bits per heavy atom. The molecule has 1 aromatic heterocycles.